The number of likely N-dealkylation sites (tertiary alicyclic amines) is 1. The summed E-state index contributed by atoms with van der Waals surface area (Å²) in [5.74, 6) is 0.549. The molecule has 26 heavy (non-hydrogen) atoms. The highest BCUT2D eigenvalue weighted by Crippen LogP contribution is 2.33. The Morgan fingerprint density at radius 2 is 2.12 bits per heavy atom. The van der Waals surface area contributed by atoms with Crippen LogP contribution in [0.1, 0.15) is 38.6 Å². The van der Waals surface area contributed by atoms with E-state index in [0.29, 0.717) is 6.54 Å². The SMILES string of the molecule is COC(=O)N=N[C@H](C(=O)N1CCC[C@H]1c1nc2ccccc2[nH]1)C(C)C. The van der Waals surface area contributed by atoms with E-state index in [2.05, 4.69) is 24.9 Å². The second-order valence-corrected chi connectivity index (χ2v) is 6.70. The normalized spacial score (nSPS) is 18.8. The third-order valence-electron chi connectivity index (χ3n) is 4.58. The van der Waals surface area contributed by atoms with Crippen LogP contribution in [0.5, 0.6) is 0 Å². The minimum absolute atomic E-state index is 0.0900. The molecule has 0 aliphatic carbocycles. The molecule has 2 aromatic rings. The van der Waals surface area contributed by atoms with Crippen LogP contribution >= 0.6 is 0 Å². The van der Waals surface area contributed by atoms with Gasteiger partial charge in [0.1, 0.15) is 5.82 Å². The van der Waals surface area contributed by atoms with Crippen LogP contribution in [0.3, 0.4) is 0 Å². The summed E-state index contributed by atoms with van der Waals surface area (Å²) in [7, 11) is 1.23. The van der Waals surface area contributed by atoms with Crippen LogP contribution < -0.4 is 0 Å². The average molecular weight is 357 g/mol. The van der Waals surface area contributed by atoms with Crippen LogP contribution in [-0.4, -0.2) is 46.6 Å². The van der Waals surface area contributed by atoms with E-state index in [0.717, 1.165) is 29.7 Å². The van der Waals surface area contributed by atoms with Gasteiger partial charge in [0.15, 0.2) is 6.04 Å². The lowest BCUT2D eigenvalue weighted by Gasteiger charge is -2.27. The minimum atomic E-state index is -0.807. The molecule has 0 radical (unpaired) electrons. The number of hydrogen-bond acceptors (Lipinski definition) is 5. The highest BCUT2D eigenvalue weighted by molar-refractivity contribution is 5.83. The molecule has 0 spiro atoms. The van der Waals surface area contributed by atoms with E-state index in [-0.39, 0.29) is 17.9 Å². The van der Waals surface area contributed by atoms with Crippen molar-refractivity contribution < 1.29 is 14.3 Å². The fourth-order valence-electron chi connectivity index (χ4n) is 3.23. The van der Waals surface area contributed by atoms with E-state index >= 15 is 0 Å². The molecule has 0 saturated carbocycles. The molecule has 1 N–H and O–H groups in total. The van der Waals surface area contributed by atoms with E-state index in [1.807, 2.05) is 38.1 Å². The van der Waals surface area contributed by atoms with Crippen LogP contribution in [0.15, 0.2) is 34.5 Å². The summed E-state index contributed by atoms with van der Waals surface area (Å²) < 4.78 is 4.47. The van der Waals surface area contributed by atoms with Crippen LogP contribution in [0.4, 0.5) is 4.79 Å². The van der Waals surface area contributed by atoms with Crippen molar-refractivity contribution in [3.63, 3.8) is 0 Å². The highest BCUT2D eigenvalue weighted by atomic mass is 16.5. The minimum Gasteiger partial charge on any atom is -0.450 e. The number of rotatable bonds is 4. The summed E-state index contributed by atoms with van der Waals surface area (Å²) in [5.41, 5.74) is 1.83. The quantitative estimate of drug-likeness (QED) is 0.847. The number of carbonyl (C=O) groups is 2. The maximum Gasteiger partial charge on any atom is 0.451 e. The number of imidazole rings is 1. The number of para-hydroxylation sites is 2. The molecule has 1 aliphatic rings. The molecule has 1 aliphatic heterocycles. The third kappa shape index (κ3) is 3.58. The van der Waals surface area contributed by atoms with E-state index < -0.39 is 12.1 Å². The van der Waals surface area contributed by atoms with Crippen LogP contribution in [0, 0.1) is 5.92 Å². The van der Waals surface area contributed by atoms with Gasteiger partial charge in [0, 0.05) is 6.54 Å². The predicted octanol–water partition coefficient (Wildman–Crippen LogP) is 3.47. The maximum atomic E-state index is 13.1. The Labute approximate surface area is 151 Å². The zero-order valence-electron chi connectivity index (χ0n) is 15.2. The molecule has 1 fully saturated rings. The lowest BCUT2D eigenvalue weighted by molar-refractivity contribution is -0.134. The van der Waals surface area contributed by atoms with Gasteiger partial charge < -0.3 is 14.6 Å². The van der Waals surface area contributed by atoms with Gasteiger partial charge in [0.05, 0.1) is 24.2 Å². The van der Waals surface area contributed by atoms with Crippen molar-refractivity contribution in [3.8, 4) is 0 Å². The second kappa shape index (κ2) is 7.63. The number of amides is 2. The number of azo groups is 1. The molecule has 2 atom stereocenters. The summed E-state index contributed by atoms with van der Waals surface area (Å²) in [5, 5.41) is 7.42. The first-order valence-electron chi connectivity index (χ1n) is 8.75. The lowest BCUT2D eigenvalue weighted by Crippen LogP contribution is -2.40. The summed E-state index contributed by atoms with van der Waals surface area (Å²) in [4.78, 5) is 34.1. The number of aromatic nitrogens is 2. The van der Waals surface area contributed by atoms with Gasteiger partial charge >= 0.3 is 6.09 Å². The number of carbonyl (C=O) groups excluding carboxylic acids is 2. The van der Waals surface area contributed by atoms with Gasteiger partial charge in [-0.05, 0) is 30.9 Å². The van der Waals surface area contributed by atoms with Gasteiger partial charge in [-0.3, -0.25) is 4.79 Å². The predicted molar refractivity (Wildman–Crippen MR) is 95.7 cm³/mol. The summed E-state index contributed by atoms with van der Waals surface area (Å²) in [6.07, 6.45) is 0.926. The van der Waals surface area contributed by atoms with Gasteiger partial charge in [0.2, 0.25) is 5.91 Å². The molecular formula is C18H23N5O3. The fourth-order valence-corrected chi connectivity index (χ4v) is 3.23. The molecule has 8 nitrogen and oxygen atoms in total. The van der Waals surface area contributed by atoms with Crippen molar-refractivity contribution in [1.29, 1.82) is 0 Å². The van der Waals surface area contributed by atoms with E-state index in [4.69, 9.17) is 0 Å². The number of aromatic amines is 1. The number of nitrogens with one attached hydrogen (secondary N) is 1. The molecule has 2 amide bonds. The molecule has 2 heterocycles. The van der Waals surface area contributed by atoms with E-state index in [1.165, 1.54) is 7.11 Å². The lowest BCUT2D eigenvalue weighted by atomic mass is 10.0. The highest BCUT2D eigenvalue weighted by Gasteiger charge is 2.37. The van der Waals surface area contributed by atoms with Gasteiger partial charge in [0.25, 0.3) is 0 Å². The van der Waals surface area contributed by atoms with Gasteiger partial charge in [-0.2, -0.15) is 5.11 Å². The summed E-state index contributed by atoms with van der Waals surface area (Å²) in [6, 6.07) is 6.95. The number of fused-ring (bicyclic) bond motifs is 1. The molecule has 1 saturated heterocycles. The molecule has 1 aromatic heterocycles. The Bertz CT molecular complexity index is 796. The number of benzene rings is 1. The largest absolute Gasteiger partial charge is 0.451 e. The third-order valence-corrected chi connectivity index (χ3v) is 4.58. The zero-order chi connectivity index (χ0) is 18.7. The standard InChI is InChI=1S/C18H23N5O3/c1-11(2)15(21-22-18(25)26-3)17(24)23-10-6-9-14(23)16-19-12-7-4-5-8-13(12)20-16/h4-5,7-8,11,14-15H,6,9-10H2,1-3H3,(H,19,20)/t14-,15-/m0/s1. The first-order valence-corrected chi connectivity index (χ1v) is 8.75. The first-order chi connectivity index (χ1) is 12.5. The van der Waals surface area contributed by atoms with Crippen molar-refractivity contribution >= 4 is 23.0 Å². The molecule has 8 heteroatoms. The smallest absolute Gasteiger partial charge is 0.450 e. The van der Waals surface area contributed by atoms with Crippen molar-refractivity contribution in [2.45, 2.75) is 38.8 Å². The number of hydrogen-bond donors (Lipinski definition) is 1. The molecule has 1 aromatic carbocycles. The topological polar surface area (TPSA) is 100 Å². The van der Waals surface area contributed by atoms with Crippen molar-refractivity contribution in [2.75, 3.05) is 13.7 Å². The Kier molecular flexibility index (Phi) is 5.29. The Hall–Kier alpha value is -2.77. The zero-order valence-corrected chi connectivity index (χ0v) is 15.2. The maximum absolute atomic E-state index is 13.1. The fraction of sp³-hybridized carbons (Fsp3) is 0.500. The van der Waals surface area contributed by atoms with E-state index in [1.54, 1.807) is 4.90 Å². The van der Waals surface area contributed by atoms with Crippen LogP contribution in [0.2, 0.25) is 0 Å². The average Bonchev–Trinajstić information content (AvgIpc) is 3.27. The van der Waals surface area contributed by atoms with Crippen LogP contribution in [0.25, 0.3) is 11.0 Å². The molecular weight excluding hydrogens is 334 g/mol. The van der Waals surface area contributed by atoms with Gasteiger partial charge in [-0.25, -0.2) is 9.78 Å². The summed E-state index contributed by atoms with van der Waals surface area (Å²) >= 11 is 0. The van der Waals surface area contributed by atoms with Gasteiger partial charge in [-0.1, -0.05) is 31.1 Å². The number of ether oxygens (including phenoxy) is 1. The number of methoxy groups -OCH3 is 1. The molecule has 0 unspecified atom stereocenters. The van der Waals surface area contributed by atoms with Crippen molar-refractivity contribution in [3.05, 3.63) is 30.1 Å². The first kappa shape index (κ1) is 18.0. The Morgan fingerprint density at radius 3 is 2.81 bits per heavy atom. The summed E-state index contributed by atoms with van der Waals surface area (Å²) in [6.45, 7) is 4.40. The van der Waals surface area contributed by atoms with Crippen LogP contribution in [-0.2, 0) is 9.53 Å². The van der Waals surface area contributed by atoms with Crippen molar-refractivity contribution in [1.82, 2.24) is 14.9 Å². The molecule has 138 valence electrons. The number of H-pyrrole nitrogens is 1. The Balaban J connectivity index is 1.84. The van der Waals surface area contributed by atoms with Gasteiger partial charge in [-0.15, -0.1) is 0 Å². The second-order valence-electron chi connectivity index (χ2n) is 6.70. The number of nitrogens with zero attached hydrogens (tertiary/aromatic N) is 4. The molecule has 3 rings (SSSR count). The van der Waals surface area contributed by atoms with E-state index in [9.17, 15) is 9.59 Å². The van der Waals surface area contributed by atoms with Crippen molar-refractivity contribution in [2.24, 2.45) is 16.1 Å². The molecule has 0 bridgehead atoms. The monoisotopic (exact) mass is 357 g/mol. The Morgan fingerprint density at radius 1 is 1.35 bits per heavy atom.